The number of hydrogen-bond acceptors (Lipinski definition) is 3. The Labute approximate surface area is 147 Å². The van der Waals surface area contributed by atoms with Crippen LogP contribution in [0, 0.1) is 6.92 Å². The fourth-order valence-corrected chi connectivity index (χ4v) is 2.45. The number of amides is 1. The maximum atomic E-state index is 12.3. The molecule has 0 fully saturated rings. The number of carbonyl (C=O) groups is 1. The normalized spacial score (nSPS) is 12.3. The zero-order chi connectivity index (χ0) is 17.5. The van der Waals surface area contributed by atoms with Gasteiger partial charge in [0.1, 0.15) is 5.15 Å². The molecule has 1 unspecified atom stereocenters. The van der Waals surface area contributed by atoms with Gasteiger partial charge in [-0.3, -0.25) is 4.79 Å². The number of hydrogen-bond donors (Lipinski definition) is 1. The molecule has 1 atom stereocenters. The second kappa shape index (κ2) is 8.62. The minimum absolute atomic E-state index is 0.156. The molecule has 126 valence electrons. The highest BCUT2D eigenvalue weighted by molar-refractivity contribution is 6.29. The van der Waals surface area contributed by atoms with E-state index in [1.807, 2.05) is 38.1 Å². The molecule has 2 aromatic rings. The van der Waals surface area contributed by atoms with Crippen molar-refractivity contribution in [2.75, 3.05) is 13.1 Å². The zero-order valence-electron chi connectivity index (χ0n) is 13.8. The highest BCUT2D eigenvalue weighted by atomic mass is 35.5. The van der Waals surface area contributed by atoms with E-state index in [1.165, 1.54) is 6.08 Å². The molecule has 0 bridgehead atoms. The third-order valence-corrected chi connectivity index (χ3v) is 3.92. The van der Waals surface area contributed by atoms with Gasteiger partial charge in [0.2, 0.25) is 5.91 Å². The van der Waals surface area contributed by atoms with Gasteiger partial charge in [-0.1, -0.05) is 41.4 Å². The van der Waals surface area contributed by atoms with E-state index in [4.69, 9.17) is 11.6 Å². The topological polar surface area (TPSA) is 53.4 Å². The van der Waals surface area contributed by atoms with E-state index in [0.717, 1.165) is 16.7 Å². The van der Waals surface area contributed by atoms with E-state index in [9.17, 15) is 9.90 Å². The van der Waals surface area contributed by atoms with Gasteiger partial charge in [-0.15, -0.1) is 0 Å². The average Bonchev–Trinajstić information content (AvgIpc) is 2.58. The number of likely N-dealkylation sites (N-methyl/N-ethyl adjacent to an activating group) is 1. The molecule has 24 heavy (non-hydrogen) atoms. The number of nitrogens with zero attached hydrogens (tertiary/aromatic N) is 2. The van der Waals surface area contributed by atoms with Crippen molar-refractivity contribution in [3.63, 3.8) is 0 Å². The highest BCUT2D eigenvalue weighted by Crippen LogP contribution is 2.16. The van der Waals surface area contributed by atoms with Crippen LogP contribution in [0.3, 0.4) is 0 Å². The van der Waals surface area contributed by atoms with Crippen molar-refractivity contribution in [1.82, 2.24) is 9.88 Å². The Kier molecular flexibility index (Phi) is 6.53. The summed E-state index contributed by atoms with van der Waals surface area (Å²) in [6.45, 7) is 4.65. The van der Waals surface area contributed by atoms with Crippen LogP contribution in [0.4, 0.5) is 0 Å². The van der Waals surface area contributed by atoms with Crippen LogP contribution in [0.5, 0.6) is 0 Å². The molecule has 1 aromatic carbocycles. The Morgan fingerprint density at radius 3 is 2.67 bits per heavy atom. The second-order valence-corrected chi connectivity index (χ2v) is 5.94. The Bertz CT molecular complexity index is 714. The predicted octanol–water partition coefficient (Wildman–Crippen LogP) is 3.64. The summed E-state index contributed by atoms with van der Waals surface area (Å²) in [5.74, 6) is -0.156. The third kappa shape index (κ3) is 5.18. The summed E-state index contributed by atoms with van der Waals surface area (Å²) in [7, 11) is 0. The van der Waals surface area contributed by atoms with E-state index in [0.29, 0.717) is 11.7 Å². The maximum Gasteiger partial charge on any atom is 0.246 e. The second-order valence-electron chi connectivity index (χ2n) is 5.55. The summed E-state index contributed by atoms with van der Waals surface area (Å²) in [6.07, 6.45) is 4.05. The quantitative estimate of drug-likeness (QED) is 0.643. The molecule has 5 heteroatoms. The first kappa shape index (κ1) is 18.2. The van der Waals surface area contributed by atoms with Crippen molar-refractivity contribution in [2.45, 2.75) is 20.0 Å². The number of pyridine rings is 1. The highest BCUT2D eigenvalue weighted by Gasteiger charge is 2.15. The number of rotatable bonds is 6. The molecule has 1 N–H and O–H groups in total. The first-order valence-corrected chi connectivity index (χ1v) is 8.20. The van der Waals surface area contributed by atoms with Gasteiger partial charge in [-0.05, 0) is 43.2 Å². The summed E-state index contributed by atoms with van der Waals surface area (Å²) < 4.78 is 0. The minimum atomic E-state index is -0.710. The summed E-state index contributed by atoms with van der Waals surface area (Å²) in [4.78, 5) is 17.8. The molecule has 0 aliphatic carbocycles. The minimum Gasteiger partial charge on any atom is -0.387 e. The van der Waals surface area contributed by atoms with E-state index in [-0.39, 0.29) is 12.5 Å². The molecule has 0 aliphatic rings. The summed E-state index contributed by atoms with van der Waals surface area (Å²) >= 11 is 5.82. The van der Waals surface area contributed by atoms with Crippen LogP contribution in [-0.2, 0) is 4.79 Å². The molecule has 2 rings (SSSR count). The van der Waals surface area contributed by atoms with Crippen LogP contribution in [0.15, 0.2) is 48.7 Å². The first-order valence-electron chi connectivity index (χ1n) is 7.82. The number of aliphatic hydroxyl groups excluding tert-OH is 1. The molecule has 0 saturated heterocycles. The van der Waals surface area contributed by atoms with Crippen LogP contribution >= 0.6 is 11.6 Å². The van der Waals surface area contributed by atoms with Crippen LogP contribution < -0.4 is 0 Å². The number of aromatic nitrogens is 1. The van der Waals surface area contributed by atoms with Gasteiger partial charge < -0.3 is 10.0 Å². The number of aryl methyl sites for hydroxylation is 1. The molecule has 0 saturated carbocycles. The molecular weight excluding hydrogens is 324 g/mol. The van der Waals surface area contributed by atoms with Crippen LogP contribution in [-0.4, -0.2) is 34.0 Å². The van der Waals surface area contributed by atoms with E-state index in [2.05, 4.69) is 4.98 Å². The van der Waals surface area contributed by atoms with E-state index >= 15 is 0 Å². The molecule has 0 radical (unpaired) electrons. The zero-order valence-corrected chi connectivity index (χ0v) is 14.6. The van der Waals surface area contributed by atoms with Crippen LogP contribution in [0.25, 0.3) is 6.08 Å². The van der Waals surface area contributed by atoms with E-state index < -0.39 is 6.10 Å². The van der Waals surface area contributed by atoms with Gasteiger partial charge in [-0.2, -0.15) is 0 Å². The fourth-order valence-electron chi connectivity index (χ4n) is 2.27. The van der Waals surface area contributed by atoms with E-state index in [1.54, 1.807) is 29.3 Å². The lowest BCUT2D eigenvalue weighted by molar-refractivity contribution is -0.127. The fraction of sp³-hybridized carbons (Fsp3) is 0.263. The van der Waals surface area contributed by atoms with Gasteiger partial charge in [0.05, 0.1) is 12.6 Å². The Hall–Kier alpha value is -2.17. The third-order valence-electron chi connectivity index (χ3n) is 3.72. The van der Waals surface area contributed by atoms with Gasteiger partial charge in [0.15, 0.2) is 0 Å². The van der Waals surface area contributed by atoms with Crippen molar-refractivity contribution >= 4 is 23.6 Å². The van der Waals surface area contributed by atoms with Crippen molar-refractivity contribution in [3.8, 4) is 0 Å². The first-order chi connectivity index (χ1) is 11.5. The molecule has 1 amide bonds. The molecule has 0 aliphatic heterocycles. The predicted molar refractivity (Wildman–Crippen MR) is 96.7 cm³/mol. The van der Waals surface area contributed by atoms with Crippen molar-refractivity contribution in [3.05, 3.63) is 70.5 Å². The lowest BCUT2D eigenvalue weighted by Gasteiger charge is -2.23. The van der Waals surface area contributed by atoms with Crippen molar-refractivity contribution < 1.29 is 9.90 Å². The number of carbonyl (C=O) groups excluding carboxylic acids is 1. The average molecular weight is 345 g/mol. The van der Waals surface area contributed by atoms with Gasteiger partial charge >= 0.3 is 0 Å². The Balaban J connectivity index is 2.01. The van der Waals surface area contributed by atoms with Crippen molar-refractivity contribution in [1.29, 1.82) is 0 Å². The molecule has 4 nitrogen and oxygen atoms in total. The van der Waals surface area contributed by atoms with Gasteiger partial charge in [-0.25, -0.2) is 4.98 Å². The monoisotopic (exact) mass is 344 g/mol. The standard InChI is InChI=1S/C19H21ClN2O2/c1-3-22(13-17(23)16-7-4-14(2)5-8-16)19(24)9-6-15-10-11-21-18(20)12-15/h4-12,17,23H,3,13H2,1-2H3/b9-6+. The largest absolute Gasteiger partial charge is 0.387 e. The number of halogens is 1. The van der Waals surface area contributed by atoms with Crippen LogP contribution in [0.1, 0.15) is 29.7 Å². The molecule has 0 spiro atoms. The Morgan fingerprint density at radius 2 is 2.04 bits per heavy atom. The SMILES string of the molecule is CCN(CC(O)c1ccc(C)cc1)C(=O)/C=C/c1ccnc(Cl)c1. The molecular formula is C19H21ClN2O2. The lowest BCUT2D eigenvalue weighted by atomic mass is 10.1. The van der Waals surface area contributed by atoms with Crippen LogP contribution in [0.2, 0.25) is 5.15 Å². The Morgan fingerprint density at radius 1 is 1.33 bits per heavy atom. The summed E-state index contributed by atoms with van der Waals surface area (Å²) in [6, 6.07) is 11.1. The van der Waals surface area contributed by atoms with Gasteiger partial charge in [0.25, 0.3) is 0 Å². The summed E-state index contributed by atoms with van der Waals surface area (Å²) in [5, 5.41) is 10.7. The van der Waals surface area contributed by atoms with Gasteiger partial charge in [0, 0.05) is 18.8 Å². The summed E-state index contributed by atoms with van der Waals surface area (Å²) in [5.41, 5.74) is 2.74. The molecule has 1 heterocycles. The maximum absolute atomic E-state index is 12.3. The number of aliphatic hydroxyl groups is 1. The van der Waals surface area contributed by atoms with Crippen molar-refractivity contribution in [2.24, 2.45) is 0 Å². The smallest absolute Gasteiger partial charge is 0.246 e. The number of benzene rings is 1. The molecule has 1 aromatic heterocycles. The lowest BCUT2D eigenvalue weighted by Crippen LogP contribution is -2.33.